The fraction of sp³-hybridized carbons (Fsp3) is 0.286. The normalized spacial score (nSPS) is 23.0. The van der Waals surface area contributed by atoms with Gasteiger partial charge in [-0.1, -0.05) is 6.08 Å². The topological polar surface area (TPSA) is 38.3 Å². The molecule has 52 valence electrons. The van der Waals surface area contributed by atoms with Crippen LogP contribution in [0.15, 0.2) is 23.4 Å². The molecule has 3 nitrogen and oxygen atoms in total. The van der Waals surface area contributed by atoms with Crippen LogP contribution >= 0.6 is 0 Å². The quantitative estimate of drug-likeness (QED) is 0.522. The molecule has 1 N–H and O–H groups in total. The Morgan fingerprint density at radius 3 is 3.30 bits per heavy atom. The van der Waals surface area contributed by atoms with Gasteiger partial charge in [-0.3, -0.25) is 15.1 Å². The zero-order valence-corrected chi connectivity index (χ0v) is 5.39. The number of hydrogen-bond donors (Lipinski definition) is 1. The van der Waals surface area contributed by atoms with Crippen molar-refractivity contribution in [3.63, 3.8) is 0 Å². The van der Waals surface area contributed by atoms with E-state index < -0.39 is 0 Å². The monoisotopic (exact) mass is 137 g/mol. The Morgan fingerprint density at radius 2 is 2.50 bits per heavy atom. The van der Waals surface area contributed by atoms with Gasteiger partial charge in [0.25, 0.3) is 0 Å². The highest BCUT2D eigenvalue weighted by molar-refractivity contribution is 5.99. The Labute approximate surface area is 58.3 Å². The molecule has 1 heterocycles. The Balaban J connectivity index is 2.39. The van der Waals surface area contributed by atoms with Crippen LogP contribution in [-0.2, 0) is 9.63 Å². The predicted molar refractivity (Wildman–Crippen MR) is 34.9 cm³/mol. The van der Waals surface area contributed by atoms with Crippen LogP contribution in [0.2, 0.25) is 0 Å². The molecule has 0 bridgehead atoms. The number of nitrogens with one attached hydrogen (secondary N) is 1. The fourth-order valence-electron chi connectivity index (χ4n) is 1.10. The van der Waals surface area contributed by atoms with Crippen molar-refractivity contribution < 1.29 is 9.63 Å². The summed E-state index contributed by atoms with van der Waals surface area (Å²) in [5.74, 6) is 0.169. The van der Waals surface area contributed by atoms with Gasteiger partial charge in [-0.05, 0) is 6.08 Å². The highest BCUT2D eigenvalue weighted by Gasteiger charge is 2.21. The Morgan fingerprint density at radius 1 is 1.60 bits per heavy atom. The number of ketones is 1. The van der Waals surface area contributed by atoms with Crippen molar-refractivity contribution in [2.75, 3.05) is 6.61 Å². The number of Topliss-reactive ketones (excluding diaryl/α,β-unsaturated/α-hetero) is 1. The first-order valence-corrected chi connectivity index (χ1v) is 3.18. The molecular formula is C7H7NO2. The van der Waals surface area contributed by atoms with Gasteiger partial charge in [0.1, 0.15) is 6.61 Å². The van der Waals surface area contributed by atoms with Gasteiger partial charge in [0.2, 0.25) is 0 Å². The summed E-state index contributed by atoms with van der Waals surface area (Å²) in [6.07, 6.45) is 4.23. The van der Waals surface area contributed by atoms with Crippen LogP contribution in [0.5, 0.6) is 0 Å². The number of allylic oxidation sites excluding steroid dienone is 2. The number of hydrogen-bond acceptors (Lipinski definition) is 3. The second-order valence-corrected chi connectivity index (χ2v) is 2.31. The van der Waals surface area contributed by atoms with E-state index in [0.29, 0.717) is 13.0 Å². The van der Waals surface area contributed by atoms with Crippen LogP contribution in [-0.4, -0.2) is 12.4 Å². The number of hydroxylamine groups is 1. The van der Waals surface area contributed by atoms with Crippen molar-refractivity contribution in [3.8, 4) is 0 Å². The van der Waals surface area contributed by atoms with E-state index >= 15 is 0 Å². The summed E-state index contributed by atoms with van der Waals surface area (Å²) in [5.41, 5.74) is 4.27. The van der Waals surface area contributed by atoms with Crippen LogP contribution in [0.4, 0.5) is 0 Å². The third-order valence-electron chi connectivity index (χ3n) is 1.65. The molecule has 0 unspecified atom stereocenters. The van der Waals surface area contributed by atoms with E-state index in [4.69, 9.17) is 4.84 Å². The van der Waals surface area contributed by atoms with Gasteiger partial charge in [-0.15, -0.1) is 0 Å². The molecule has 1 aliphatic carbocycles. The average Bonchev–Trinajstić information content (AvgIpc) is 2.36. The Bertz CT molecular complexity index is 240. The third-order valence-corrected chi connectivity index (χ3v) is 1.65. The van der Waals surface area contributed by atoms with Gasteiger partial charge in [0, 0.05) is 12.0 Å². The molecule has 0 aromatic heterocycles. The molecule has 0 radical (unpaired) electrons. The standard InChI is InChI=1S/C7H7NO2/c9-7-3-1-2-6-5(7)4-10-8-6/h1-2,8H,3-4H2. The van der Waals surface area contributed by atoms with Crippen molar-refractivity contribution in [1.82, 2.24) is 5.48 Å². The van der Waals surface area contributed by atoms with Gasteiger partial charge in [0.15, 0.2) is 5.78 Å². The molecule has 0 aromatic rings. The third kappa shape index (κ3) is 0.675. The van der Waals surface area contributed by atoms with E-state index in [0.717, 1.165) is 11.3 Å². The molecule has 0 atom stereocenters. The van der Waals surface area contributed by atoms with Crippen molar-refractivity contribution in [2.24, 2.45) is 0 Å². The van der Waals surface area contributed by atoms with Crippen LogP contribution in [0.1, 0.15) is 6.42 Å². The van der Waals surface area contributed by atoms with Gasteiger partial charge in [-0.25, -0.2) is 0 Å². The highest BCUT2D eigenvalue weighted by atomic mass is 16.6. The van der Waals surface area contributed by atoms with Crippen molar-refractivity contribution in [1.29, 1.82) is 0 Å². The maximum atomic E-state index is 11.0. The van der Waals surface area contributed by atoms with E-state index in [1.165, 1.54) is 0 Å². The minimum Gasteiger partial charge on any atom is -0.294 e. The summed E-state index contributed by atoms with van der Waals surface area (Å²) in [7, 11) is 0. The van der Waals surface area contributed by atoms with E-state index in [1.807, 2.05) is 12.2 Å². The summed E-state index contributed by atoms with van der Waals surface area (Å²) in [4.78, 5) is 15.9. The van der Waals surface area contributed by atoms with Crippen LogP contribution in [0.3, 0.4) is 0 Å². The van der Waals surface area contributed by atoms with Crippen molar-refractivity contribution >= 4 is 5.78 Å². The molecule has 0 aromatic carbocycles. The van der Waals surface area contributed by atoms with E-state index in [1.54, 1.807) is 0 Å². The van der Waals surface area contributed by atoms with Gasteiger partial charge < -0.3 is 0 Å². The van der Waals surface area contributed by atoms with Crippen molar-refractivity contribution in [2.45, 2.75) is 6.42 Å². The molecule has 0 saturated heterocycles. The average molecular weight is 137 g/mol. The summed E-state index contributed by atoms with van der Waals surface area (Å²) >= 11 is 0. The molecule has 2 rings (SSSR count). The predicted octanol–water partition coefficient (Wildman–Crippen LogP) is 0.304. The number of carbonyl (C=O) groups is 1. The molecule has 3 heteroatoms. The zero-order chi connectivity index (χ0) is 6.97. The molecule has 0 spiro atoms. The lowest BCUT2D eigenvalue weighted by atomic mass is 10.0. The lowest BCUT2D eigenvalue weighted by molar-refractivity contribution is -0.115. The summed E-state index contributed by atoms with van der Waals surface area (Å²) in [5, 5.41) is 0. The van der Waals surface area contributed by atoms with Crippen LogP contribution < -0.4 is 5.48 Å². The van der Waals surface area contributed by atoms with E-state index in [9.17, 15) is 4.79 Å². The number of carbonyl (C=O) groups excluding carboxylic acids is 1. The van der Waals surface area contributed by atoms with Crippen LogP contribution in [0, 0.1) is 0 Å². The van der Waals surface area contributed by atoms with E-state index in [-0.39, 0.29) is 5.78 Å². The molecule has 2 aliphatic rings. The highest BCUT2D eigenvalue weighted by Crippen LogP contribution is 2.17. The minimum absolute atomic E-state index is 0.169. The molecular weight excluding hydrogens is 130 g/mol. The van der Waals surface area contributed by atoms with Gasteiger partial charge in [0.05, 0.1) is 5.70 Å². The zero-order valence-electron chi connectivity index (χ0n) is 5.39. The molecule has 0 amide bonds. The summed E-state index contributed by atoms with van der Waals surface area (Å²) in [6.45, 7) is 0.415. The fourth-order valence-corrected chi connectivity index (χ4v) is 1.10. The Hall–Kier alpha value is -1.09. The minimum atomic E-state index is 0.169. The largest absolute Gasteiger partial charge is 0.294 e. The first-order chi connectivity index (χ1) is 4.88. The molecule has 10 heavy (non-hydrogen) atoms. The maximum absolute atomic E-state index is 11.0. The van der Waals surface area contributed by atoms with Gasteiger partial charge in [-0.2, -0.15) is 0 Å². The number of rotatable bonds is 0. The van der Waals surface area contributed by atoms with Crippen molar-refractivity contribution in [3.05, 3.63) is 23.4 Å². The lowest BCUT2D eigenvalue weighted by Gasteiger charge is -2.02. The van der Waals surface area contributed by atoms with Gasteiger partial charge >= 0.3 is 0 Å². The summed E-state index contributed by atoms with van der Waals surface area (Å²) in [6, 6.07) is 0. The smallest absolute Gasteiger partial charge is 0.167 e. The first-order valence-electron chi connectivity index (χ1n) is 3.18. The second kappa shape index (κ2) is 1.95. The first kappa shape index (κ1) is 5.68. The lowest BCUT2D eigenvalue weighted by Crippen LogP contribution is -2.08. The molecule has 0 saturated carbocycles. The Kier molecular flexibility index (Phi) is 1.11. The second-order valence-electron chi connectivity index (χ2n) is 2.31. The molecule has 0 fully saturated rings. The molecule has 1 aliphatic heterocycles. The van der Waals surface area contributed by atoms with Crippen LogP contribution in [0.25, 0.3) is 0 Å². The van der Waals surface area contributed by atoms with E-state index in [2.05, 4.69) is 5.48 Å². The maximum Gasteiger partial charge on any atom is 0.167 e. The summed E-state index contributed by atoms with van der Waals surface area (Å²) < 4.78 is 0. The SMILES string of the molecule is O=C1CC=CC2=C1CON2.